The molecule has 1 aromatic rings. The summed E-state index contributed by atoms with van der Waals surface area (Å²) >= 11 is 0. The van der Waals surface area contributed by atoms with Gasteiger partial charge in [-0.1, -0.05) is 31.0 Å². The number of benzene rings is 1. The number of rotatable bonds is 2. The fourth-order valence-electron chi connectivity index (χ4n) is 3.80. The first kappa shape index (κ1) is 12.0. The lowest BCUT2D eigenvalue weighted by Gasteiger charge is -2.42. The Labute approximate surface area is 110 Å². The van der Waals surface area contributed by atoms with Crippen LogP contribution in [-0.4, -0.2) is 18.6 Å². The van der Waals surface area contributed by atoms with Gasteiger partial charge >= 0.3 is 0 Å². The van der Waals surface area contributed by atoms with Crippen molar-refractivity contribution in [1.29, 1.82) is 0 Å². The molecule has 0 amide bonds. The second kappa shape index (κ2) is 4.93. The van der Waals surface area contributed by atoms with Crippen molar-refractivity contribution < 1.29 is 0 Å². The van der Waals surface area contributed by atoms with Crippen LogP contribution >= 0.6 is 0 Å². The molecule has 1 aromatic carbocycles. The topological polar surface area (TPSA) is 29.3 Å². The van der Waals surface area contributed by atoms with Gasteiger partial charge in [-0.2, -0.15) is 0 Å². The highest BCUT2D eigenvalue weighted by Crippen LogP contribution is 2.40. The molecule has 0 atom stereocenters. The molecule has 0 saturated heterocycles. The summed E-state index contributed by atoms with van der Waals surface area (Å²) in [6, 6.07) is 8.95. The normalized spacial score (nSPS) is 22.6. The molecule has 98 valence electrons. The predicted octanol–water partition coefficient (Wildman–Crippen LogP) is 3.10. The van der Waals surface area contributed by atoms with Crippen LogP contribution in [0.3, 0.4) is 0 Å². The number of aryl methyl sites for hydroxylation is 1. The van der Waals surface area contributed by atoms with Crippen LogP contribution in [0.2, 0.25) is 0 Å². The van der Waals surface area contributed by atoms with Crippen LogP contribution in [0.15, 0.2) is 24.3 Å². The molecule has 1 fully saturated rings. The highest BCUT2D eigenvalue weighted by atomic mass is 15.2. The molecule has 18 heavy (non-hydrogen) atoms. The number of hydrogen-bond donors (Lipinski definition) is 1. The maximum absolute atomic E-state index is 6.17. The molecule has 0 spiro atoms. The van der Waals surface area contributed by atoms with Gasteiger partial charge in [0, 0.05) is 18.8 Å². The first-order chi connectivity index (χ1) is 8.86. The Balaban J connectivity index is 2.00. The summed E-state index contributed by atoms with van der Waals surface area (Å²) in [5.41, 5.74) is 9.40. The van der Waals surface area contributed by atoms with Crippen molar-refractivity contribution in [2.75, 3.05) is 18.0 Å². The van der Waals surface area contributed by atoms with Gasteiger partial charge in [0.25, 0.3) is 0 Å². The monoisotopic (exact) mass is 244 g/mol. The Hall–Kier alpha value is -1.02. The van der Waals surface area contributed by atoms with Crippen LogP contribution in [0.4, 0.5) is 5.69 Å². The van der Waals surface area contributed by atoms with Gasteiger partial charge in [0.2, 0.25) is 0 Å². The molecule has 1 heterocycles. The van der Waals surface area contributed by atoms with Crippen molar-refractivity contribution in [3.8, 4) is 0 Å². The van der Waals surface area contributed by atoms with Crippen LogP contribution in [0.1, 0.15) is 44.1 Å². The summed E-state index contributed by atoms with van der Waals surface area (Å²) < 4.78 is 0. The minimum Gasteiger partial charge on any atom is -0.364 e. The predicted molar refractivity (Wildman–Crippen MR) is 77.0 cm³/mol. The summed E-state index contributed by atoms with van der Waals surface area (Å²) in [4.78, 5) is 2.66. The summed E-state index contributed by atoms with van der Waals surface area (Å²) in [6.07, 6.45) is 9.08. The number of anilines is 1. The Morgan fingerprint density at radius 1 is 1.06 bits per heavy atom. The van der Waals surface area contributed by atoms with Gasteiger partial charge < -0.3 is 10.6 Å². The summed E-state index contributed by atoms with van der Waals surface area (Å²) in [5, 5.41) is 0. The molecule has 3 rings (SSSR count). The Kier molecular flexibility index (Phi) is 3.29. The van der Waals surface area contributed by atoms with Gasteiger partial charge in [0.1, 0.15) is 0 Å². The fourth-order valence-corrected chi connectivity index (χ4v) is 3.80. The van der Waals surface area contributed by atoms with Crippen molar-refractivity contribution in [3.63, 3.8) is 0 Å². The number of para-hydroxylation sites is 1. The van der Waals surface area contributed by atoms with E-state index in [1.54, 1.807) is 0 Å². The third kappa shape index (κ3) is 1.93. The standard InChI is InChI=1S/C16H24N2/c17-13-16(10-4-5-11-16)18-12-6-3-8-14-7-1-2-9-15(14)18/h1-2,7,9H,3-6,8,10-13,17H2. The maximum atomic E-state index is 6.17. The van der Waals surface area contributed by atoms with Crippen molar-refractivity contribution in [2.45, 2.75) is 50.5 Å². The average molecular weight is 244 g/mol. The van der Waals surface area contributed by atoms with Crippen molar-refractivity contribution in [1.82, 2.24) is 0 Å². The highest BCUT2D eigenvalue weighted by molar-refractivity contribution is 5.57. The molecule has 0 bridgehead atoms. The van der Waals surface area contributed by atoms with Gasteiger partial charge in [-0.15, -0.1) is 0 Å². The minimum absolute atomic E-state index is 0.250. The molecule has 0 unspecified atom stereocenters. The zero-order valence-corrected chi connectivity index (χ0v) is 11.2. The third-order valence-electron chi connectivity index (χ3n) is 4.85. The van der Waals surface area contributed by atoms with E-state index in [0.717, 1.165) is 6.54 Å². The van der Waals surface area contributed by atoms with Crippen LogP contribution in [0, 0.1) is 0 Å². The number of nitrogens with zero attached hydrogens (tertiary/aromatic N) is 1. The molecule has 1 saturated carbocycles. The molecule has 2 N–H and O–H groups in total. The quantitative estimate of drug-likeness (QED) is 0.866. The van der Waals surface area contributed by atoms with E-state index in [1.807, 2.05) is 0 Å². The Morgan fingerprint density at radius 2 is 1.83 bits per heavy atom. The summed E-state index contributed by atoms with van der Waals surface area (Å²) in [7, 11) is 0. The van der Waals surface area contributed by atoms with Crippen LogP contribution in [0.25, 0.3) is 0 Å². The Bertz CT molecular complexity index is 407. The number of nitrogens with two attached hydrogens (primary N) is 1. The SMILES string of the molecule is NCC1(N2CCCCc3ccccc32)CCCC1. The molecule has 2 nitrogen and oxygen atoms in total. The molecule has 2 heteroatoms. The fraction of sp³-hybridized carbons (Fsp3) is 0.625. The van der Waals surface area contributed by atoms with Gasteiger partial charge in [0.15, 0.2) is 0 Å². The summed E-state index contributed by atoms with van der Waals surface area (Å²) in [5.74, 6) is 0. The molecule has 0 radical (unpaired) electrons. The average Bonchev–Trinajstić information content (AvgIpc) is 2.80. The lowest BCUT2D eigenvalue weighted by molar-refractivity contribution is 0.402. The van der Waals surface area contributed by atoms with E-state index in [1.165, 1.54) is 62.7 Å². The second-order valence-electron chi connectivity index (χ2n) is 5.87. The van der Waals surface area contributed by atoms with Crippen LogP contribution < -0.4 is 10.6 Å². The third-order valence-corrected chi connectivity index (χ3v) is 4.85. The van der Waals surface area contributed by atoms with Gasteiger partial charge in [-0.05, 0) is 43.7 Å². The van der Waals surface area contributed by atoms with Crippen molar-refractivity contribution >= 4 is 5.69 Å². The van der Waals surface area contributed by atoms with Crippen molar-refractivity contribution in [2.24, 2.45) is 5.73 Å². The van der Waals surface area contributed by atoms with Gasteiger partial charge in [-0.3, -0.25) is 0 Å². The molecular weight excluding hydrogens is 220 g/mol. The van der Waals surface area contributed by atoms with Gasteiger partial charge in [0.05, 0.1) is 5.54 Å². The molecule has 1 aliphatic carbocycles. The smallest absolute Gasteiger partial charge is 0.0524 e. The van der Waals surface area contributed by atoms with E-state index in [4.69, 9.17) is 5.73 Å². The number of fused-ring (bicyclic) bond motifs is 1. The minimum atomic E-state index is 0.250. The van der Waals surface area contributed by atoms with E-state index in [0.29, 0.717) is 0 Å². The zero-order chi connectivity index (χ0) is 12.4. The lowest BCUT2D eigenvalue weighted by atomic mass is 9.93. The van der Waals surface area contributed by atoms with Gasteiger partial charge in [-0.25, -0.2) is 0 Å². The van der Waals surface area contributed by atoms with E-state index in [-0.39, 0.29) is 5.54 Å². The number of hydrogen-bond acceptors (Lipinski definition) is 2. The second-order valence-corrected chi connectivity index (χ2v) is 5.87. The van der Waals surface area contributed by atoms with E-state index < -0.39 is 0 Å². The molecule has 1 aliphatic heterocycles. The van der Waals surface area contributed by atoms with Crippen LogP contribution in [0.5, 0.6) is 0 Å². The first-order valence-corrected chi connectivity index (χ1v) is 7.41. The first-order valence-electron chi connectivity index (χ1n) is 7.41. The molecule has 0 aromatic heterocycles. The largest absolute Gasteiger partial charge is 0.364 e. The lowest BCUT2D eigenvalue weighted by Crippen LogP contribution is -2.52. The molecular formula is C16H24N2. The maximum Gasteiger partial charge on any atom is 0.0524 e. The molecule has 2 aliphatic rings. The van der Waals surface area contributed by atoms with E-state index in [2.05, 4.69) is 29.2 Å². The van der Waals surface area contributed by atoms with E-state index in [9.17, 15) is 0 Å². The van der Waals surface area contributed by atoms with Crippen LogP contribution in [-0.2, 0) is 6.42 Å². The highest BCUT2D eigenvalue weighted by Gasteiger charge is 2.39. The van der Waals surface area contributed by atoms with E-state index >= 15 is 0 Å². The zero-order valence-electron chi connectivity index (χ0n) is 11.2. The summed E-state index contributed by atoms with van der Waals surface area (Å²) in [6.45, 7) is 2.00. The Morgan fingerprint density at radius 3 is 2.61 bits per heavy atom. The van der Waals surface area contributed by atoms with Crippen molar-refractivity contribution in [3.05, 3.63) is 29.8 Å².